The minimum absolute atomic E-state index is 0.0815. The molecule has 3 aromatic carbocycles. The molecule has 0 unspecified atom stereocenters. The highest BCUT2D eigenvalue weighted by Crippen LogP contribution is 2.36. The summed E-state index contributed by atoms with van der Waals surface area (Å²) < 4.78 is 6.10. The molecule has 32 heavy (non-hydrogen) atoms. The molecular formula is C26H24ClN3O2. The summed E-state index contributed by atoms with van der Waals surface area (Å²) >= 11 is 6.27. The van der Waals surface area contributed by atoms with Crippen LogP contribution in [0.4, 0.5) is 5.69 Å². The van der Waals surface area contributed by atoms with Crippen molar-refractivity contribution < 1.29 is 9.21 Å². The molecule has 1 aliphatic heterocycles. The minimum Gasteiger partial charge on any atom is -0.438 e. The standard InChI is InChI=1S/C26H24ClN3O2/c1-29(2)19-12-9-17(10-13-19)18-11-14-24-22(16-18)28-25(32-24)23-8-5-15-30(23)26(31)20-6-3-4-7-21(20)27/h3-4,6-7,9-14,16,23H,5,8,15H2,1-2H3/t23-/m0/s1. The van der Waals surface area contributed by atoms with Gasteiger partial charge in [0.1, 0.15) is 11.6 Å². The zero-order valence-corrected chi connectivity index (χ0v) is 18.8. The van der Waals surface area contributed by atoms with Crippen LogP contribution in [-0.2, 0) is 0 Å². The maximum absolute atomic E-state index is 13.1. The zero-order valence-electron chi connectivity index (χ0n) is 18.1. The van der Waals surface area contributed by atoms with Gasteiger partial charge in [0.15, 0.2) is 5.58 Å². The highest BCUT2D eigenvalue weighted by molar-refractivity contribution is 6.33. The predicted molar refractivity (Wildman–Crippen MR) is 128 cm³/mol. The molecule has 0 radical (unpaired) electrons. The fourth-order valence-corrected chi connectivity index (χ4v) is 4.49. The van der Waals surface area contributed by atoms with Gasteiger partial charge in [-0.3, -0.25) is 4.79 Å². The molecule has 1 aliphatic rings. The summed E-state index contributed by atoms with van der Waals surface area (Å²) in [6.07, 6.45) is 1.73. The average molecular weight is 446 g/mol. The molecule has 1 amide bonds. The molecule has 2 heterocycles. The van der Waals surface area contributed by atoms with Gasteiger partial charge in [-0.1, -0.05) is 41.9 Å². The number of hydrogen-bond acceptors (Lipinski definition) is 4. The number of oxazole rings is 1. The quantitative estimate of drug-likeness (QED) is 0.375. The average Bonchev–Trinajstić information content (AvgIpc) is 3.45. The van der Waals surface area contributed by atoms with Crippen LogP contribution in [0.5, 0.6) is 0 Å². The maximum Gasteiger partial charge on any atom is 0.256 e. The van der Waals surface area contributed by atoms with Gasteiger partial charge in [-0.15, -0.1) is 0 Å². The second kappa shape index (κ2) is 8.32. The number of amides is 1. The van der Waals surface area contributed by atoms with E-state index in [2.05, 4.69) is 29.2 Å². The van der Waals surface area contributed by atoms with Crippen molar-refractivity contribution in [3.05, 3.63) is 83.2 Å². The Morgan fingerprint density at radius 1 is 1.06 bits per heavy atom. The molecule has 1 atom stereocenters. The lowest BCUT2D eigenvalue weighted by atomic mass is 10.0. The third-order valence-electron chi connectivity index (χ3n) is 6.02. The Labute approximate surface area is 192 Å². The number of hydrogen-bond donors (Lipinski definition) is 0. The first-order chi connectivity index (χ1) is 15.5. The lowest BCUT2D eigenvalue weighted by Gasteiger charge is -2.22. The number of fused-ring (bicyclic) bond motifs is 1. The number of nitrogens with zero attached hydrogens (tertiary/aromatic N) is 3. The summed E-state index contributed by atoms with van der Waals surface area (Å²) in [5.41, 5.74) is 5.40. The van der Waals surface area contributed by atoms with Crippen molar-refractivity contribution in [1.29, 1.82) is 0 Å². The minimum atomic E-state index is -0.186. The van der Waals surface area contributed by atoms with Gasteiger partial charge in [0.2, 0.25) is 5.89 Å². The van der Waals surface area contributed by atoms with E-state index in [1.165, 1.54) is 0 Å². The Morgan fingerprint density at radius 2 is 1.81 bits per heavy atom. The van der Waals surface area contributed by atoms with Crippen LogP contribution >= 0.6 is 11.6 Å². The van der Waals surface area contributed by atoms with Crippen LogP contribution in [-0.4, -0.2) is 36.4 Å². The van der Waals surface area contributed by atoms with Crippen LogP contribution in [0.15, 0.2) is 71.1 Å². The normalized spacial score (nSPS) is 16.0. The van der Waals surface area contributed by atoms with E-state index in [4.69, 9.17) is 21.0 Å². The van der Waals surface area contributed by atoms with E-state index in [1.807, 2.05) is 49.3 Å². The van der Waals surface area contributed by atoms with Gasteiger partial charge >= 0.3 is 0 Å². The number of likely N-dealkylation sites (tertiary alicyclic amines) is 1. The van der Waals surface area contributed by atoms with Crippen molar-refractivity contribution in [3.8, 4) is 11.1 Å². The Morgan fingerprint density at radius 3 is 2.56 bits per heavy atom. The van der Waals surface area contributed by atoms with E-state index >= 15 is 0 Å². The van der Waals surface area contributed by atoms with Crippen molar-refractivity contribution in [2.75, 3.05) is 25.5 Å². The molecule has 0 bridgehead atoms. The second-order valence-corrected chi connectivity index (χ2v) is 8.72. The van der Waals surface area contributed by atoms with Crippen molar-refractivity contribution in [2.45, 2.75) is 18.9 Å². The molecule has 4 aromatic rings. The van der Waals surface area contributed by atoms with Gasteiger partial charge in [0.25, 0.3) is 5.91 Å². The lowest BCUT2D eigenvalue weighted by molar-refractivity contribution is 0.0717. The van der Waals surface area contributed by atoms with Crippen LogP contribution in [0.25, 0.3) is 22.2 Å². The molecule has 162 valence electrons. The van der Waals surface area contributed by atoms with Crippen molar-refractivity contribution in [3.63, 3.8) is 0 Å². The molecule has 5 rings (SSSR count). The first-order valence-electron chi connectivity index (χ1n) is 10.7. The number of halogens is 1. The third-order valence-corrected chi connectivity index (χ3v) is 6.35. The van der Waals surface area contributed by atoms with E-state index in [0.717, 1.165) is 40.8 Å². The fourth-order valence-electron chi connectivity index (χ4n) is 4.28. The van der Waals surface area contributed by atoms with Crippen LogP contribution < -0.4 is 4.90 Å². The van der Waals surface area contributed by atoms with Gasteiger partial charge in [-0.2, -0.15) is 0 Å². The van der Waals surface area contributed by atoms with E-state index in [1.54, 1.807) is 12.1 Å². The number of carbonyl (C=O) groups excluding carboxylic acids is 1. The van der Waals surface area contributed by atoms with Crippen LogP contribution in [0, 0.1) is 0 Å². The van der Waals surface area contributed by atoms with Crippen molar-refractivity contribution in [2.24, 2.45) is 0 Å². The van der Waals surface area contributed by atoms with E-state index in [0.29, 0.717) is 23.0 Å². The number of aromatic nitrogens is 1. The summed E-state index contributed by atoms with van der Waals surface area (Å²) in [7, 11) is 4.06. The van der Waals surface area contributed by atoms with Crippen LogP contribution in [0.3, 0.4) is 0 Å². The topological polar surface area (TPSA) is 49.6 Å². The first-order valence-corrected chi connectivity index (χ1v) is 11.1. The summed E-state index contributed by atoms with van der Waals surface area (Å²) in [6.45, 7) is 0.664. The van der Waals surface area contributed by atoms with E-state index < -0.39 is 0 Å². The third kappa shape index (κ3) is 3.73. The summed E-state index contributed by atoms with van der Waals surface area (Å²) in [4.78, 5) is 21.8. The smallest absolute Gasteiger partial charge is 0.256 e. The number of carbonyl (C=O) groups is 1. The molecule has 0 saturated carbocycles. The Balaban J connectivity index is 1.44. The van der Waals surface area contributed by atoms with E-state index in [9.17, 15) is 4.79 Å². The fraction of sp³-hybridized carbons (Fsp3) is 0.231. The summed E-state index contributed by atoms with van der Waals surface area (Å²) in [5, 5.41) is 0.464. The predicted octanol–water partition coefficient (Wildman–Crippen LogP) is 6.19. The maximum atomic E-state index is 13.1. The van der Waals surface area contributed by atoms with Gasteiger partial charge in [-0.25, -0.2) is 4.98 Å². The largest absolute Gasteiger partial charge is 0.438 e. The molecule has 1 aromatic heterocycles. The van der Waals surface area contributed by atoms with E-state index in [-0.39, 0.29) is 11.9 Å². The van der Waals surface area contributed by atoms with Crippen molar-refractivity contribution in [1.82, 2.24) is 9.88 Å². The van der Waals surface area contributed by atoms with Crippen molar-refractivity contribution >= 4 is 34.3 Å². The molecule has 0 spiro atoms. The van der Waals surface area contributed by atoms with Crippen LogP contribution in [0.2, 0.25) is 5.02 Å². The number of rotatable bonds is 4. The highest BCUT2D eigenvalue weighted by atomic mass is 35.5. The first kappa shape index (κ1) is 20.6. The molecule has 5 nitrogen and oxygen atoms in total. The molecular weight excluding hydrogens is 422 g/mol. The Hall–Kier alpha value is -3.31. The Kier molecular flexibility index (Phi) is 5.35. The summed E-state index contributed by atoms with van der Waals surface area (Å²) in [6, 6.07) is 21.4. The lowest BCUT2D eigenvalue weighted by Crippen LogP contribution is -2.30. The highest BCUT2D eigenvalue weighted by Gasteiger charge is 2.34. The Bertz CT molecular complexity index is 1280. The monoisotopic (exact) mass is 445 g/mol. The summed E-state index contributed by atoms with van der Waals surface area (Å²) in [5.74, 6) is 0.500. The number of benzene rings is 3. The zero-order chi connectivity index (χ0) is 22.2. The van der Waals surface area contributed by atoms with Crippen LogP contribution in [0.1, 0.15) is 35.1 Å². The number of anilines is 1. The van der Waals surface area contributed by atoms with Gasteiger partial charge in [0.05, 0.1) is 10.6 Å². The molecule has 1 saturated heterocycles. The second-order valence-electron chi connectivity index (χ2n) is 8.31. The molecule has 1 fully saturated rings. The molecule has 6 heteroatoms. The van der Waals surface area contributed by atoms with Gasteiger partial charge < -0.3 is 14.2 Å². The SMILES string of the molecule is CN(C)c1ccc(-c2ccc3oc([C@@H]4CCCN4C(=O)c4ccccc4Cl)nc3c2)cc1. The molecule has 0 N–H and O–H groups in total. The van der Waals surface area contributed by atoms with Gasteiger partial charge in [0, 0.05) is 26.3 Å². The van der Waals surface area contributed by atoms with Gasteiger partial charge in [-0.05, 0) is 60.4 Å². The molecule has 0 aliphatic carbocycles.